The van der Waals surface area contributed by atoms with Crippen molar-refractivity contribution in [1.29, 1.82) is 0 Å². The van der Waals surface area contributed by atoms with Crippen LogP contribution in [0, 0.1) is 0 Å². The second-order valence-electron chi connectivity index (χ2n) is 16.3. The maximum Gasteiger partial charge on any atom is 1.00 e. The third-order valence-electron chi connectivity index (χ3n) is 8.26. The predicted octanol–water partition coefficient (Wildman–Crippen LogP) is 4.50. The van der Waals surface area contributed by atoms with Crippen molar-refractivity contribution in [3.05, 3.63) is 131 Å². The number of hydrogen-bond donors (Lipinski definition) is 4. The molecule has 4 aromatic carbocycles. The summed E-state index contributed by atoms with van der Waals surface area (Å²) in [5.74, 6) is 1.31. The van der Waals surface area contributed by atoms with E-state index >= 15 is 0 Å². The van der Waals surface area contributed by atoms with E-state index in [1.165, 1.54) is 18.1 Å². The minimum Gasteiger partial charge on any atom is -1.00 e. The number of aryl methyl sites for hydroxylation is 2. The Labute approximate surface area is 431 Å². The molecule has 0 heterocycles. The molecule has 0 aromatic heterocycles. The SMILES string of the molecule is CC(=O)COc1cccc(C(O)CCc2ccccc2)c1.CC(C)(C)OC(=O)NCCCBr.CC(C)(C)OC(=O)NCCCOc1cccc(C(O)CCc2ccccc2)c1.[H-].[H-].[Na+].[Na+]. The van der Waals surface area contributed by atoms with Crippen LogP contribution in [0.2, 0.25) is 0 Å². The van der Waals surface area contributed by atoms with E-state index in [9.17, 15) is 24.6 Å². The van der Waals surface area contributed by atoms with Crippen molar-refractivity contribution < 1.29 is 106 Å². The summed E-state index contributed by atoms with van der Waals surface area (Å²) in [4.78, 5) is 33.5. The molecule has 63 heavy (non-hydrogen) atoms. The molecular weight excluding hydrogens is 886 g/mol. The Morgan fingerprint density at radius 3 is 1.43 bits per heavy atom. The number of hydrogen-bond acceptors (Lipinski definition) is 9. The van der Waals surface area contributed by atoms with Gasteiger partial charge in [0, 0.05) is 18.4 Å². The summed E-state index contributed by atoms with van der Waals surface area (Å²) in [5.41, 5.74) is 3.18. The number of ether oxygens (including phenoxy) is 4. The number of amides is 2. The van der Waals surface area contributed by atoms with Gasteiger partial charge in [-0.1, -0.05) is 101 Å². The Kier molecular flexibility index (Phi) is 32.0. The van der Waals surface area contributed by atoms with Gasteiger partial charge < -0.3 is 42.6 Å². The number of carbonyl (C=O) groups excluding carboxylic acids is 3. The summed E-state index contributed by atoms with van der Waals surface area (Å²) >= 11 is 3.27. The number of nitrogens with one attached hydrogen (secondary N) is 2. The van der Waals surface area contributed by atoms with Crippen LogP contribution in [0.3, 0.4) is 0 Å². The molecule has 0 aliphatic heterocycles. The molecule has 4 aromatic rings. The normalized spacial score (nSPS) is 11.5. The maximum atomic E-state index is 11.6. The zero-order valence-electron chi connectivity index (χ0n) is 41.0. The van der Waals surface area contributed by atoms with Crippen molar-refractivity contribution in [2.75, 3.05) is 31.6 Å². The number of alkyl halides is 1. The van der Waals surface area contributed by atoms with Crippen LogP contribution in [-0.2, 0) is 27.1 Å². The fourth-order valence-corrected chi connectivity index (χ4v) is 5.66. The van der Waals surface area contributed by atoms with E-state index in [0.29, 0.717) is 50.5 Å². The van der Waals surface area contributed by atoms with Crippen molar-refractivity contribution in [1.82, 2.24) is 10.6 Å². The van der Waals surface area contributed by atoms with E-state index in [1.807, 2.05) is 114 Å². The Balaban J connectivity index is -0.000000925. The number of rotatable bonds is 19. The van der Waals surface area contributed by atoms with E-state index in [2.05, 4.69) is 50.8 Å². The number of aliphatic hydroxyl groups excluding tert-OH is 2. The summed E-state index contributed by atoms with van der Waals surface area (Å²) < 4.78 is 21.3. The molecule has 0 radical (unpaired) electrons. The van der Waals surface area contributed by atoms with Gasteiger partial charge in [-0.2, -0.15) is 0 Å². The van der Waals surface area contributed by atoms with E-state index in [4.69, 9.17) is 18.9 Å². The molecule has 0 bridgehead atoms. The fraction of sp³-hybridized carbons (Fsp3) is 0.449. The van der Waals surface area contributed by atoms with Gasteiger partial charge in [0.2, 0.25) is 0 Å². The zero-order valence-corrected chi connectivity index (χ0v) is 44.5. The third kappa shape index (κ3) is 30.8. The van der Waals surface area contributed by atoms with Crippen LogP contribution in [0.25, 0.3) is 0 Å². The van der Waals surface area contributed by atoms with Gasteiger partial charge in [-0.25, -0.2) is 9.59 Å². The molecule has 0 spiro atoms. The largest absolute Gasteiger partial charge is 1.00 e. The van der Waals surface area contributed by atoms with Gasteiger partial charge in [-0.05, 0) is 134 Å². The molecule has 2 amide bonds. The summed E-state index contributed by atoms with van der Waals surface area (Å²) in [5, 5.41) is 27.0. The number of halogens is 1. The minimum absolute atomic E-state index is 0. The molecular formula is C49H69BrN2Na2O9. The number of aliphatic hydroxyl groups is 2. The topological polar surface area (TPSA) is 153 Å². The third-order valence-corrected chi connectivity index (χ3v) is 8.82. The second-order valence-corrected chi connectivity index (χ2v) is 17.1. The molecule has 11 nitrogen and oxygen atoms in total. The first-order valence-corrected chi connectivity index (χ1v) is 21.9. The van der Waals surface area contributed by atoms with Gasteiger partial charge in [0.05, 0.1) is 18.8 Å². The average molecular weight is 956 g/mol. The summed E-state index contributed by atoms with van der Waals surface area (Å²) in [6.45, 7) is 14.2. The van der Waals surface area contributed by atoms with Crippen LogP contribution < -0.4 is 79.2 Å². The van der Waals surface area contributed by atoms with Crippen LogP contribution >= 0.6 is 15.9 Å². The Morgan fingerprint density at radius 1 is 0.619 bits per heavy atom. The van der Waals surface area contributed by atoms with E-state index < -0.39 is 29.5 Å². The molecule has 2 atom stereocenters. The quantitative estimate of drug-likeness (QED) is 0.0606. The maximum absolute atomic E-state index is 11.6. The molecule has 4 N–H and O–H groups in total. The van der Waals surface area contributed by atoms with Gasteiger partial charge in [0.25, 0.3) is 0 Å². The number of benzene rings is 4. The van der Waals surface area contributed by atoms with Crippen molar-refractivity contribution in [2.24, 2.45) is 0 Å². The van der Waals surface area contributed by atoms with Crippen LogP contribution in [0.1, 0.15) is 111 Å². The molecule has 4 rings (SSSR count). The van der Waals surface area contributed by atoms with Gasteiger partial charge in [-0.3, -0.25) is 4.79 Å². The zero-order chi connectivity index (χ0) is 45.1. The van der Waals surface area contributed by atoms with Crippen molar-refractivity contribution in [3.63, 3.8) is 0 Å². The summed E-state index contributed by atoms with van der Waals surface area (Å²) in [6, 6.07) is 35.0. The average Bonchev–Trinajstić information content (AvgIpc) is 3.21. The van der Waals surface area contributed by atoms with Crippen LogP contribution in [0.15, 0.2) is 109 Å². The first-order valence-electron chi connectivity index (χ1n) is 20.8. The van der Waals surface area contributed by atoms with E-state index in [-0.39, 0.29) is 80.5 Å². The van der Waals surface area contributed by atoms with Crippen molar-refractivity contribution >= 4 is 33.9 Å². The van der Waals surface area contributed by atoms with Crippen LogP contribution in [-0.4, -0.2) is 71.0 Å². The Morgan fingerprint density at radius 2 is 1.03 bits per heavy atom. The second kappa shape index (κ2) is 33.6. The standard InChI is InChI=1S/C23H31NO4.C18H20O3.C8H16BrNO2.2Na.2H/c1-23(2,3)28-22(26)24-15-8-16-27-20-12-7-11-19(17-20)21(25)14-13-18-9-5-4-6-10-18;1-14(19)13-21-17-9-5-8-16(12-17)18(20)11-10-15-6-3-2-4-7-15;1-8(2,3)12-7(11)10-6-4-5-9;;;;/h4-7,9-12,17,21,25H,8,13-16H2,1-3H3,(H,24,26);2-9,12,18,20H,10-11,13H2,1H3;4-6H2,1-3H3,(H,10,11);;;;/q;;;2*+1;2*-1. The minimum atomic E-state index is -0.536. The number of Topliss-reactive ketones (excluding diaryl/α,β-unsaturated/α-hetero) is 1. The molecule has 0 aliphatic carbocycles. The summed E-state index contributed by atoms with van der Waals surface area (Å²) in [6.07, 6.45) is 2.71. The monoisotopic (exact) mass is 954 g/mol. The number of alkyl carbamates (subject to hydrolysis) is 2. The molecule has 2 unspecified atom stereocenters. The number of ketones is 1. The molecule has 0 saturated heterocycles. The fourth-order valence-electron chi connectivity index (χ4n) is 5.38. The predicted molar refractivity (Wildman–Crippen MR) is 248 cm³/mol. The molecule has 14 heteroatoms. The molecule has 0 fully saturated rings. The van der Waals surface area contributed by atoms with Crippen molar-refractivity contribution in [2.45, 2.75) is 110 Å². The van der Waals surface area contributed by atoms with E-state index in [0.717, 1.165) is 35.7 Å². The van der Waals surface area contributed by atoms with Gasteiger partial charge >= 0.3 is 71.3 Å². The van der Waals surface area contributed by atoms with E-state index in [1.54, 1.807) is 12.1 Å². The number of carbonyl (C=O) groups is 3. The van der Waals surface area contributed by atoms with Crippen LogP contribution in [0.5, 0.6) is 11.5 Å². The molecule has 0 saturated carbocycles. The smallest absolute Gasteiger partial charge is 1.00 e. The van der Waals surface area contributed by atoms with Gasteiger partial charge in [-0.15, -0.1) is 0 Å². The first-order chi connectivity index (χ1) is 28.9. The van der Waals surface area contributed by atoms with Gasteiger partial charge in [0.15, 0.2) is 5.78 Å². The van der Waals surface area contributed by atoms with Crippen LogP contribution in [0.4, 0.5) is 9.59 Å². The molecule has 338 valence electrons. The van der Waals surface area contributed by atoms with Crippen molar-refractivity contribution in [3.8, 4) is 11.5 Å². The molecule has 0 aliphatic rings. The van der Waals surface area contributed by atoms with Gasteiger partial charge in [0.1, 0.15) is 29.3 Å². The Bertz CT molecular complexity index is 1860. The first kappa shape index (κ1) is 60.1. The summed E-state index contributed by atoms with van der Waals surface area (Å²) in [7, 11) is 0. The Hall–Kier alpha value is -2.91.